The molecule has 4 heteroatoms. The topological polar surface area (TPSA) is 32.3 Å². The van der Waals surface area contributed by atoms with Gasteiger partial charge in [0.1, 0.15) is 0 Å². The lowest BCUT2D eigenvalue weighted by Crippen LogP contribution is -2.28. The molecule has 2 atom stereocenters. The summed E-state index contributed by atoms with van der Waals surface area (Å²) in [7, 11) is 0. The molecule has 1 aromatic rings. The normalized spacial score (nSPS) is 14.8. The SMILES string of the molecule is CC(O)CC(C)NCc1cc(Cl)ccc1Br. The minimum absolute atomic E-state index is 0.273. The van der Waals surface area contributed by atoms with Crippen LogP contribution >= 0.6 is 27.5 Å². The summed E-state index contributed by atoms with van der Waals surface area (Å²) in [6.07, 6.45) is 0.475. The van der Waals surface area contributed by atoms with Crippen molar-refractivity contribution in [2.45, 2.75) is 39.0 Å². The second kappa shape index (κ2) is 6.60. The van der Waals surface area contributed by atoms with Gasteiger partial charge in [-0.1, -0.05) is 27.5 Å². The van der Waals surface area contributed by atoms with Crippen molar-refractivity contribution in [3.05, 3.63) is 33.3 Å². The highest BCUT2D eigenvalue weighted by molar-refractivity contribution is 9.10. The lowest BCUT2D eigenvalue weighted by atomic mass is 10.1. The summed E-state index contributed by atoms with van der Waals surface area (Å²) in [5.74, 6) is 0. The number of hydrogen-bond acceptors (Lipinski definition) is 2. The van der Waals surface area contributed by atoms with E-state index >= 15 is 0 Å². The van der Waals surface area contributed by atoms with E-state index in [4.69, 9.17) is 11.6 Å². The second-order valence-corrected chi connectivity index (χ2v) is 5.39. The Balaban J connectivity index is 2.51. The molecule has 16 heavy (non-hydrogen) atoms. The fraction of sp³-hybridized carbons (Fsp3) is 0.500. The van der Waals surface area contributed by atoms with Crippen molar-refractivity contribution >= 4 is 27.5 Å². The Bertz CT molecular complexity index is 344. The third-order valence-corrected chi connectivity index (χ3v) is 3.35. The predicted octanol–water partition coefficient (Wildman–Crippen LogP) is 3.35. The molecule has 1 rings (SSSR count). The Morgan fingerprint density at radius 2 is 2.12 bits per heavy atom. The average molecular weight is 307 g/mol. The lowest BCUT2D eigenvalue weighted by Gasteiger charge is -2.16. The molecule has 0 heterocycles. The number of halogens is 2. The summed E-state index contributed by atoms with van der Waals surface area (Å²) < 4.78 is 1.05. The molecule has 2 nitrogen and oxygen atoms in total. The molecule has 0 radical (unpaired) electrons. The summed E-state index contributed by atoms with van der Waals surface area (Å²) in [5.41, 5.74) is 1.13. The molecule has 0 saturated heterocycles. The monoisotopic (exact) mass is 305 g/mol. The van der Waals surface area contributed by atoms with Crippen LogP contribution in [0.2, 0.25) is 5.02 Å². The first-order valence-corrected chi connectivity index (χ1v) is 6.51. The van der Waals surface area contributed by atoms with Gasteiger partial charge in [0, 0.05) is 22.1 Å². The van der Waals surface area contributed by atoms with Crippen LogP contribution in [0.4, 0.5) is 0 Å². The Labute approximate surface area is 110 Å². The zero-order valence-corrected chi connectivity index (χ0v) is 11.8. The van der Waals surface area contributed by atoms with Crippen molar-refractivity contribution in [1.82, 2.24) is 5.32 Å². The van der Waals surface area contributed by atoms with Crippen LogP contribution < -0.4 is 5.32 Å². The molecular formula is C12H17BrClNO. The van der Waals surface area contributed by atoms with Gasteiger partial charge in [0.05, 0.1) is 6.10 Å². The van der Waals surface area contributed by atoms with Crippen LogP contribution in [0, 0.1) is 0 Å². The summed E-state index contributed by atoms with van der Waals surface area (Å²) in [5, 5.41) is 13.3. The molecule has 90 valence electrons. The van der Waals surface area contributed by atoms with Crippen molar-refractivity contribution in [3.8, 4) is 0 Å². The molecule has 0 fully saturated rings. The van der Waals surface area contributed by atoms with Crippen molar-refractivity contribution in [2.75, 3.05) is 0 Å². The highest BCUT2D eigenvalue weighted by Crippen LogP contribution is 2.21. The zero-order valence-electron chi connectivity index (χ0n) is 9.50. The van der Waals surface area contributed by atoms with Crippen molar-refractivity contribution < 1.29 is 5.11 Å². The van der Waals surface area contributed by atoms with Crippen molar-refractivity contribution in [1.29, 1.82) is 0 Å². The Hall–Kier alpha value is -0.0900. The summed E-state index contributed by atoms with van der Waals surface area (Å²) in [4.78, 5) is 0. The van der Waals surface area contributed by atoms with Gasteiger partial charge < -0.3 is 10.4 Å². The number of nitrogens with one attached hydrogen (secondary N) is 1. The highest BCUT2D eigenvalue weighted by Gasteiger charge is 2.07. The number of aliphatic hydroxyl groups is 1. The molecule has 0 aliphatic carbocycles. The van der Waals surface area contributed by atoms with Crippen LogP contribution in [0.15, 0.2) is 22.7 Å². The first-order chi connectivity index (χ1) is 7.49. The molecule has 2 N–H and O–H groups in total. The van der Waals surface area contributed by atoms with Crippen LogP contribution in [-0.4, -0.2) is 17.3 Å². The van der Waals surface area contributed by atoms with E-state index < -0.39 is 0 Å². The molecule has 0 aliphatic heterocycles. The zero-order chi connectivity index (χ0) is 12.1. The van der Waals surface area contributed by atoms with Crippen LogP contribution in [0.25, 0.3) is 0 Å². The van der Waals surface area contributed by atoms with Gasteiger partial charge in [0.25, 0.3) is 0 Å². The van der Waals surface area contributed by atoms with Gasteiger partial charge in [-0.05, 0) is 44.0 Å². The number of benzene rings is 1. The molecule has 0 amide bonds. The van der Waals surface area contributed by atoms with E-state index in [1.165, 1.54) is 0 Å². The fourth-order valence-electron chi connectivity index (χ4n) is 1.56. The van der Waals surface area contributed by atoms with Crippen LogP contribution in [-0.2, 0) is 6.54 Å². The Morgan fingerprint density at radius 1 is 1.44 bits per heavy atom. The van der Waals surface area contributed by atoms with E-state index in [9.17, 15) is 5.11 Å². The average Bonchev–Trinajstić information content (AvgIpc) is 2.18. The molecule has 1 aromatic carbocycles. The molecule has 0 bridgehead atoms. The van der Waals surface area contributed by atoms with Crippen LogP contribution in [0.1, 0.15) is 25.8 Å². The molecule has 0 aromatic heterocycles. The van der Waals surface area contributed by atoms with E-state index in [1.807, 2.05) is 18.2 Å². The Morgan fingerprint density at radius 3 is 2.75 bits per heavy atom. The van der Waals surface area contributed by atoms with Crippen molar-refractivity contribution in [2.24, 2.45) is 0 Å². The maximum Gasteiger partial charge on any atom is 0.0526 e. The van der Waals surface area contributed by atoms with Gasteiger partial charge in [0.2, 0.25) is 0 Å². The lowest BCUT2D eigenvalue weighted by molar-refractivity contribution is 0.170. The van der Waals surface area contributed by atoms with E-state index in [-0.39, 0.29) is 12.1 Å². The summed E-state index contributed by atoms with van der Waals surface area (Å²) in [6, 6.07) is 6.02. The van der Waals surface area contributed by atoms with Gasteiger partial charge in [-0.3, -0.25) is 0 Å². The summed E-state index contributed by atoms with van der Waals surface area (Å²) in [6.45, 7) is 4.60. The quantitative estimate of drug-likeness (QED) is 0.874. The Kier molecular flexibility index (Phi) is 5.76. The van der Waals surface area contributed by atoms with E-state index in [2.05, 4.69) is 28.2 Å². The second-order valence-electron chi connectivity index (χ2n) is 4.10. The standard InChI is InChI=1S/C12H17BrClNO/c1-8(5-9(2)16)15-7-10-6-11(14)3-4-12(10)13/h3-4,6,8-9,15-16H,5,7H2,1-2H3. The van der Waals surface area contributed by atoms with Gasteiger partial charge in [-0.15, -0.1) is 0 Å². The van der Waals surface area contributed by atoms with Gasteiger partial charge in [0.15, 0.2) is 0 Å². The first-order valence-electron chi connectivity index (χ1n) is 5.34. The van der Waals surface area contributed by atoms with Crippen LogP contribution in [0.3, 0.4) is 0 Å². The highest BCUT2D eigenvalue weighted by atomic mass is 79.9. The number of rotatable bonds is 5. The third kappa shape index (κ3) is 4.83. The molecular weight excluding hydrogens is 289 g/mol. The minimum Gasteiger partial charge on any atom is -0.393 e. The molecule has 0 saturated carbocycles. The van der Waals surface area contributed by atoms with Crippen molar-refractivity contribution in [3.63, 3.8) is 0 Å². The third-order valence-electron chi connectivity index (χ3n) is 2.34. The van der Waals surface area contributed by atoms with E-state index in [0.717, 1.165) is 28.0 Å². The van der Waals surface area contributed by atoms with E-state index in [0.29, 0.717) is 0 Å². The maximum atomic E-state index is 9.25. The van der Waals surface area contributed by atoms with E-state index in [1.54, 1.807) is 6.92 Å². The first kappa shape index (κ1) is 14.0. The van der Waals surface area contributed by atoms with Crippen LogP contribution in [0.5, 0.6) is 0 Å². The van der Waals surface area contributed by atoms with Gasteiger partial charge >= 0.3 is 0 Å². The fourth-order valence-corrected chi connectivity index (χ4v) is 2.14. The minimum atomic E-state index is -0.273. The largest absolute Gasteiger partial charge is 0.393 e. The molecule has 0 spiro atoms. The number of hydrogen-bond donors (Lipinski definition) is 2. The van der Waals surface area contributed by atoms with Gasteiger partial charge in [-0.2, -0.15) is 0 Å². The smallest absolute Gasteiger partial charge is 0.0526 e. The predicted molar refractivity (Wildman–Crippen MR) is 71.8 cm³/mol. The molecule has 0 aliphatic rings. The maximum absolute atomic E-state index is 9.25. The number of aliphatic hydroxyl groups excluding tert-OH is 1. The summed E-state index contributed by atoms with van der Waals surface area (Å²) >= 11 is 9.41. The molecule has 2 unspecified atom stereocenters. The van der Waals surface area contributed by atoms with Gasteiger partial charge in [-0.25, -0.2) is 0 Å².